The minimum Gasteiger partial charge on any atom is -0.352 e. The molecule has 2 aromatic carbocycles. The average molecular weight is 550 g/mol. The molecule has 0 aliphatic rings. The quantitative estimate of drug-likeness (QED) is 0.352. The number of hydrogen-bond donors (Lipinski definition) is 1. The van der Waals surface area contributed by atoms with Crippen molar-refractivity contribution in [1.29, 1.82) is 0 Å². The van der Waals surface area contributed by atoms with Crippen LogP contribution in [0.4, 0.5) is 5.69 Å². The maximum atomic E-state index is 13.5. The molecule has 0 unspecified atom stereocenters. The lowest BCUT2D eigenvalue weighted by Gasteiger charge is -2.32. The van der Waals surface area contributed by atoms with Gasteiger partial charge in [0.25, 0.3) is 0 Å². The highest BCUT2D eigenvalue weighted by atomic mass is 35.5. The number of sulfonamides is 1. The number of carbonyl (C=O) groups excluding carboxylic acids is 2. The van der Waals surface area contributed by atoms with Crippen molar-refractivity contribution >= 4 is 39.1 Å². The molecule has 0 bridgehead atoms. The van der Waals surface area contributed by atoms with Gasteiger partial charge in [-0.3, -0.25) is 13.9 Å². The number of carbonyl (C=O) groups is 2. The zero-order chi connectivity index (χ0) is 27.6. The summed E-state index contributed by atoms with van der Waals surface area (Å²) >= 11 is 6.38. The Bertz CT molecular complexity index is 1140. The summed E-state index contributed by atoms with van der Waals surface area (Å²) in [6.45, 7) is 8.18. The van der Waals surface area contributed by atoms with Gasteiger partial charge < -0.3 is 10.2 Å². The molecule has 0 aliphatic carbocycles. The number of anilines is 1. The van der Waals surface area contributed by atoms with E-state index in [4.69, 9.17) is 11.6 Å². The Morgan fingerprint density at radius 1 is 1.00 bits per heavy atom. The summed E-state index contributed by atoms with van der Waals surface area (Å²) in [4.78, 5) is 28.2. The van der Waals surface area contributed by atoms with Crippen LogP contribution in [0.2, 0.25) is 5.02 Å². The number of halogens is 1. The lowest BCUT2D eigenvalue weighted by Crippen LogP contribution is -2.50. The highest BCUT2D eigenvalue weighted by Gasteiger charge is 2.29. The molecule has 0 radical (unpaired) electrons. The van der Waals surface area contributed by atoms with Gasteiger partial charge in [-0.25, -0.2) is 8.42 Å². The number of nitrogens with one attached hydrogen (secondary N) is 1. The summed E-state index contributed by atoms with van der Waals surface area (Å²) in [5.41, 5.74) is 2.43. The van der Waals surface area contributed by atoms with Crippen molar-refractivity contribution in [2.75, 3.05) is 17.1 Å². The van der Waals surface area contributed by atoms with Crippen LogP contribution in [0, 0.1) is 0 Å². The van der Waals surface area contributed by atoms with E-state index in [2.05, 4.69) is 5.32 Å². The van der Waals surface area contributed by atoms with Gasteiger partial charge in [-0.05, 0) is 61.9 Å². The zero-order valence-electron chi connectivity index (χ0n) is 22.5. The van der Waals surface area contributed by atoms with Crippen molar-refractivity contribution in [3.8, 4) is 0 Å². The third kappa shape index (κ3) is 9.04. The SMILES string of the molecule is CCc1ccc(N(CCCC(=O)N(Cc2ccccc2Cl)[C@@H](CC)C(=O)N[C@@H](C)CC)S(C)(=O)=O)cc1. The Morgan fingerprint density at radius 3 is 2.19 bits per heavy atom. The highest BCUT2D eigenvalue weighted by Crippen LogP contribution is 2.22. The molecule has 0 saturated carbocycles. The predicted molar refractivity (Wildman–Crippen MR) is 151 cm³/mol. The second-order valence-electron chi connectivity index (χ2n) is 9.31. The van der Waals surface area contributed by atoms with Crippen molar-refractivity contribution in [3.63, 3.8) is 0 Å². The van der Waals surface area contributed by atoms with Crippen LogP contribution in [0.3, 0.4) is 0 Å². The molecule has 2 aromatic rings. The first-order chi connectivity index (χ1) is 17.5. The maximum absolute atomic E-state index is 13.5. The fourth-order valence-corrected chi connectivity index (χ4v) is 5.23. The van der Waals surface area contributed by atoms with Gasteiger partial charge in [0.15, 0.2) is 0 Å². The summed E-state index contributed by atoms with van der Waals surface area (Å²) in [5.74, 6) is -0.424. The average Bonchev–Trinajstić information content (AvgIpc) is 2.86. The van der Waals surface area contributed by atoms with Crippen LogP contribution in [0.1, 0.15) is 64.5 Å². The predicted octanol–water partition coefficient (Wildman–Crippen LogP) is 5.17. The van der Waals surface area contributed by atoms with E-state index in [0.717, 1.165) is 24.0 Å². The largest absolute Gasteiger partial charge is 0.352 e. The Labute approximate surface area is 227 Å². The first kappa shape index (κ1) is 30.6. The topological polar surface area (TPSA) is 86.8 Å². The van der Waals surface area contributed by atoms with Crippen LogP contribution >= 0.6 is 11.6 Å². The molecular weight excluding hydrogens is 510 g/mol. The number of rotatable bonds is 14. The van der Waals surface area contributed by atoms with Crippen LogP contribution in [0.15, 0.2) is 48.5 Å². The highest BCUT2D eigenvalue weighted by molar-refractivity contribution is 7.92. The molecule has 0 spiro atoms. The van der Waals surface area contributed by atoms with Crippen molar-refractivity contribution in [2.45, 2.75) is 78.4 Å². The van der Waals surface area contributed by atoms with Crippen molar-refractivity contribution in [1.82, 2.24) is 10.2 Å². The molecule has 0 heterocycles. The molecule has 7 nitrogen and oxygen atoms in total. The van der Waals surface area contributed by atoms with Crippen molar-refractivity contribution < 1.29 is 18.0 Å². The Morgan fingerprint density at radius 2 is 1.65 bits per heavy atom. The van der Waals surface area contributed by atoms with E-state index in [0.29, 0.717) is 23.6 Å². The van der Waals surface area contributed by atoms with Crippen LogP contribution in [-0.4, -0.2) is 50.0 Å². The monoisotopic (exact) mass is 549 g/mol. The molecule has 0 aliphatic heterocycles. The molecule has 0 saturated heterocycles. The van der Waals surface area contributed by atoms with Gasteiger partial charge in [-0.2, -0.15) is 0 Å². The van der Waals surface area contributed by atoms with E-state index in [1.807, 2.05) is 58.0 Å². The molecule has 0 aromatic heterocycles. The van der Waals surface area contributed by atoms with E-state index in [1.165, 1.54) is 10.6 Å². The second kappa shape index (κ2) is 14.4. The summed E-state index contributed by atoms with van der Waals surface area (Å²) in [5, 5.41) is 3.51. The van der Waals surface area contributed by atoms with Crippen LogP contribution in [0.5, 0.6) is 0 Å². The van der Waals surface area contributed by atoms with Crippen LogP contribution < -0.4 is 9.62 Å². The van der Waals surface area contributed by atoms with Crippen molar-refractivity contribution in [3.05, 3.63) is 64.7 Å². The number of nitrogens with zero attached hydrogens (tertiary/aromatic N) is 2. The Balaban J connectivity index is 2.23. The second-order valence-corrected chi connectivity index (χ2v) is 11.6. The minimum absolute atomic E-state index is 0.0127. The van der Waals surface area contributed by atoms with Gasteiger partial charge in [0, 0.05) is 30.6 Å². The number of benzene rings is 2. The van der Waals surface area contributed by atoms with Crippen molar-refractivity contribution in [2.24, 2.45) is 0 Å². The van der Waals surface area contributed by atoms with Gasteiger partial charge in [-0.1, -0.05) is 62.7 Å². The molecule has 1 N–H and O–H groups in total. The molecule has 2 amide bonds. The van der Waals surface area contributed by atoms with Crippen LogP contribution in [-0.2, 0) is 32.6 Å². The number of aryl methyl sites for hydroxylation is 1. The molecule has 0 fully saturated rings. The van der Waals surface area contributed by atoms with E-state index in [1.54, 1.807) is 23.1 Å². The first-order valence-electron chi connectivity index (χ1n) is 12.9. The standard InChI is InChI=1S/C28H40ClN3O4S/c1-6-21(4)30-28(34)26(8-3)31(20-23-12-9-10-13-25(23)29)27(33)14-11-19-32(37(5,35)36)24-17-15-22(7-2)16-18-24/h9-10,12-13,15-18,21,26H,6-8,11,14,19-20H2,1-5H3,(H,30,34)/t21-,26-/m0/s1. The molecule has 2 rings (SSSR count). The Kier molecular flexibility index (Phi) is 11.9. The molecule has 9 heteroatoms. The summed E-state index contributed by atoms with van der Waals surface area (Å²) < 4.78 is 26.3. The minimum atomic E-state index is -3.53. The smallest absolute Gasteiger partial charge is 0.243 e. The zero-order valence-corrected chi connectivity index (χ0v) is 24.1. The lowest BCUT2D eigenvalue weighted by atomic mass is 10.1. The maximum Gasteiger partial charge on any atom is 0.243 e. The van der Waals surface area contributed by atoms with Gasteiger partial charge in [0.05, 0.1) is 11.9 Å². The summed E-state index contributed by atoms with van der Waals surface area (Å²) in [6, 6.07) is 14.0. The van der Waals surface area contributed by atoms with E-state index in [-0.39, 0.29) is 37.4 Å². The normalized spacial score (nSPS) is 13.0. The third-order valence-corrected chi connectivity index (χ3v) is 8.03. The number of amides is 2. The lowest BCUT2D eigenvalue weighted by molar-refractivity contribution is -0.141. The summed E-state index contributed by atoms with van der Waals surface area (Å²) in [7, 11) is -3.53. The summed E-state index contributed by atoms with van der Waals surface area (Å²) in [6.07, 6.45) is 3.65. The molecular formula is C28H40ClN3O4S. The van der Waals surface area contributed by atoms with E-state index in [9.17, 15) is 18.0 Å². The molecule has 2 atom stereocenters. The van der Waals surface area contributed by atoms with Gasteiger partial charge >= 0.3 is 0 Å². The van der Waals surface area contributed by atoms with Gasteiger partial charge in [0.2, 0.25) is 21.8 Å². The van der Waals surface area contributed by atoms with Gasteiger partial charge in [-0.15, -0.1) is 0 Å². The fraction of sp³-hybridized carbons (Fsp3) is 0.500. The third-order valence-electron chi connectivity index (χ3n) is 6.47. The van der Waals surface area contributed by atoms with Crippen LogP contribution in [0.25, 0.3) is 0 Å². The number of hydrogen-bond acceptors (Lipinski definition) is 4. The molecule has 37 heavy (non-hydrogen) atoms. The van der Waals surface area contributed by atoms with E-state index < -0.39 is 16.1 Å². The Hall–Kier alpha value is -2.58. The van der Waals surface area contributed by atoms with E-state index >= 15 is 0 Å². The van der Waals surface area contributed by atoms with Gasteiger partial charge in [0.1, 0.15) is 6.04 Å². The molecule has 204 valence electrons. The fourth-order valence-electron chi connectivity index (χ4n) is 4.07. The first-order valence-corrected chi connectivity index (χ1v) is 15.1.